The van der Waals surface area contributed by atoms with Gasteiger partial charge in [0, 0.05) is 5.56 Å². The summed E-state index contributed by atoms with van der Waals surface area (Å²) < 4.78 is 1.09. The first-order chi connectivity index (χ1) is 12.9. The first kappa shape index (κ1) is 16.1. The summed E-state index contributed by atoms with van der Waals surface area (Å²) in [5, 5.41) is 13.7. The lowest BCUT2D eigenvalue weighted by atomic mass is 10.2. The second kappa shape index (κ2) is 7.67. The van der Waals surface area contributed by atoms with Gasteiger partial charge in [0.2, 0.25) is 11.0 Å². The summed E-state index contributed by atoms with van der Waals surface area (Å²) in [6, 6.07) is 27.4. The first-order valence-corrected chi connectivity index (χ1v) is 8.92. The van der Waals surface area contributed by atoms with Gasteiger partial charge in [-0.05, 0) is 24.3 Å². The molecule has 3 aromatic carbocycles. The number of aromatic nitrogens is 1. The zero-order valence-corrected chi connectivity index (χ0v) is 14.6. The fraction of sp³-hybridized carbons (Fsp3) is 0. The highest BCUT2D eigenvalue weighted by Gasteiger charge is 2.05. The molecular weight excluding hydrogens is 342 g/mol. The number of nitrogens with one attached hydrogen (secondary N) is 1. The summed E-state index contributed by atoms with van der Waals surface area (Å²) in [6.07, 6.45) is 0. The van der Waals surface area contributed by atoms with Crippen LogP contribution in [-0.4, -0.2) is 10.8 Å². The molecule has 0 radical (unpaired) electrons. The van der Waals surface area contributed by atoms with Gasteiger partial charge < -0.3 is 0 Å². The van der Waals surface area contributed by atoms with Gasteiger partial charge in [-0.1, -0.05) is 72.0 Å². The molecule has 0 saturated carbocycles. The number of amidine groups is 1. The van der Waals surface area contributed by atoms with Crippen molar-refractivity contribution in [2.24, 2.45) is 15.3 Å². The van der Waals surface area contributed by atoms with E-state index >= 15 is 0 Å². The summed E-state index contributed by atoms with van der Waals surface area (Å²) in [5.41, 5.74) is 5.71. The number of hydrogen-bond acceptors (Lipinski definition) is 5. The Balaban J connectivity index is 1.64. The maximum absolute atomic E-state index is 4.48. The number of benzene rings is 3. The van der Waals surface area contributed by atoms with Crippen molar-refractivity contribution >= 4 is 38.2 Å². The smallest absolute Gasteiger partial charge is 0.231 e. The number of rotatable bonds is 4. The lowest BCUT2D eigenvalue weighted by molar-refractivity contribution is 1.21. The van der Waals surface area contributed by atoms with E-state index in [1.54, 1.807) is 0 Å². The maximum Gasteiger partial charge on any atom is 0.231 e. The fourth-order valence-corrected chi connectivity index (χ4v) is 3.14. The molecule has 6 heteroatoms. The van der Waals surface area contributed by atoms with Crippen LogP contribution in [0.3, 0.4) is 0 Å². The number of hydrazone groups is 1. The number of para-hydroxylation sites is 2. The van der Waals surface area contributed by atoms with Crippen molar-refractivity contribution in [3.05, 3.63) is 90.5 Å². The van der Waals surface area contributed by atoms with Crippen molar-refractivity contribution in [3.63, 3.8) is 0 Å². The minimum absolute atomic E-state index is 0.494. The molecule has 0 aliphatic rings. The molecule has 0 atom stereocenters. The highest BCUT2D eigenvalue weighted by Crippen LogP contribution is 2.28. The average Bonchev–Trinajstić information content (AvgIpc) is 3.12. The highest BCUT2D eigenvalue weighted by atomic mass is 32.1. The predicted molar refractivity (Wildman–Crippen MR) is 107 cm³/mol. The van der Waals surface area contributed by atoms with Crippen LogP contribution in [0.5, 0.6) is 0 Å². The summed E-state index contributed by atoms with van der Waals surface area (Å²) >= 11 is 1.50. The molecule has 4 rings (SSSR count). The first-order valence-electron chi connectivity index (χ1n) is 8.10. The number of thiazole rings is 1. The zero-order chi connectivity index (χ0) is 17.6. The van der Waals surface area contributed by atoms with Gasteiger partial charge >= 0.3 is 0 Å². The van der Waals surface area contributed by atoms with E-state index in [2.05, 4.69) is 25.7 Å². The molecule has 1 aromatic heterocycles. The molecule has 1 heterocycles. The average molecular weight is 357 g/mol. The minimum atomic E-state index is 0.494. The molecule has 0 aliphatic carbocycles. The topological polar surface area (TPSA) is 62.0 Å². The minimum Gasteiger partial charge on any atom is -0.276 e. The van der Waals surface area contributed by atoms with Crippen molar-refractivity contribution in [3.8, 4) is 0 Å². The predicted octanol–water partition coefficient (Wildman–Crippen LogP) is 5.85. The van der Waals surface area contributed by atoms with E-state index in [4.69, 9.17) is 0 Å². The fourth-order valence-electron chi connectivity index (χ4n) is 2.36. The maximum atomic E-state index is 4.48. The molecule has 1 N–H and O–H groups in total. The van der Waals surface area contributed by atoms with Gasteiger partial charge in [-0.25, -0.2) is 4.98 Å². The van der Waals surface area contributed by atoms with Crippen molar-refractivity contribution in [2.45, 2.75) is 0 Å². The summed E-state index contributed by atoms with van der Waals surface area (Å²) in [5.74, 6) is 0.494. The Bertz CT molecular complexity index is 1020. The molecule has 5 nitrogen and oxygen atoms in total. The molecular formula is C20H15N5S. The van der Waals surface area contributed by atoms with Crippen molar-refractivity contribution in [1.29, 1.82) is 0 Å². The van der Waals surface area contributed by atoms with Gasteiger partial charge in [-0.3, -0.25) is 5.43 Å². The molecule has 0 spiro atoms. The SMILES string of the molecule is c1ccc(N/N=C(/N=Nc2nc3ccccc3s2)c2ccccc2)cc1. The molecule has 0 fully saturated rings. The molecule has 0 aliphatic heterocycles. The molecule has 0 saturated heterocycles. The van der Waals surface area contributed by atoms with Crippen LogP contribution in [0.1, 0.15) is 5.56 Å². The third kappa shape index (κ3) is 3.81. The van der Waals surface area contributed by atoms with Crippen LogP contribution < -0.4 is 5.43 Å². The van der Waals surface area contributed by atoms with Gasteiger partial charge in [-0.2, -0.15) is 5.10 Å². The monoisotopic (exact) mass is 357 g/mol. The Labute approximate surface area is 154 Å². The Kier molecular flexibility index (Phi) is 4.75. The molecule has 0 amide bonds. The number of fused-ring (bicyclic) bond motifs is 1. The zero-order valence-electron chi connectivity index (χ0n) is 13.8. The highest BCUT2D eigenvalue weighted by molar-refractivity contribution is 7.21. The van der Waals surface area contributed by atoms with Crippen molar-refractivity contribution in [2.75, 3.05) is 5.43 Å². The molecule has 0 bridgehead atoms. The van der Waals surface area contributed by atoms with Crippen LogP contribution in [0.15, 0.2) is 100 Å². The van der Waals surface area contributed by atoms with Crippen LogP contribution in [0.25, 0.3) is 10.2 Å². The Morgan fingerprint density at radius 1 is 0.808 bits per heavy atom. The third-order valence-corrected chi connectivity index (χ3v) is 4.53. The second-order valence-electron chi connectivity index (χ2n) is 5.44. The van der Waals surface area contributed by atoms with Gasteiger partial charge in [0.1, 0.15) is 0 Å². The van der Waals surface area contributed by atoms with Crippen molar-refractivity contribution < 1.29 is 0 Å². The number of azo groups is 1. The van der Waals surface area contributed by atoms with Gasteiger partial charge in [-0.15, -0.1) is 10.2 Å². The standard InChI is InChI=1S/C20H15N5S/c1-3-9-15(10-4-1)19(23-22-16-11-5-2-6-12-16)24-25-20-21-17-13-7-8-14-18(17)26-20/h1-14,22H/b23-19+,25-24?. The summed E-state index contributed by atoms with van der Waals surface area (Å²) in [6.45, 7) is 0. The summed E-state index contributed by atoms with van der Waals surface area (Å²) in [7, 11) is 0. The van der Waals surface area contributed by atoms with Crippen LogP contribution >= 0.6 is 11.3 Å². The van der Waals surface area contributed by atoms with Crippen LogP contribution in [-0.2, 0) is 0 Å². The summed E-state index contributed by atoms with van der Waals surface area (Å²) in [4.78, 5) is 4.48. The van der Waals surface area contributed by atoms with Crippen LogP contribution in [0.4, 0.5) is 10.8 Å². The number of hydrogen-bond donors (Lipinski definition) is 1. The molecule has 0 unspecified atom stereocenters. The third-order valence-electron chi connectivity index (χ3n) is 3.61. The van der Waals surface area contributed by atoms with Crippen molar-refractivity contribution in [1.82, 2.24) is 4.98 Å². The number of anilines is 1. The van der Waals surface area contributed by atoms with Gasteiger partial charge in [0.05, 0.1) is 15.9 Å². The van der Waals surface area contributed by atoms with Gasteiger partial charge in [0.15, 0.2) is 0 Å². The lowest BCUT2D eigenvalue weighted by Crippen LogP contribution is -2.00. The molecule has 4 aromatic rings. The van der Waals surface area contributed by atoms with E-state index in [-0.39, 0.29) is 0 Å². The Morgan fingerprint density at radius 2 is 1.50 bits per heavy atom. The van der Waals surface area contributed by atoms with Crippen LogP contribution in [0.2, 0.25) is 0 Å². The van der Waals surface area contributed by atoms with E-state index in [0.717, 1.165) is 21.5 Å². The number of nitrogens with zero attached hydrogens (tertiary/aromatic N) is 4. The van der Waals surface area contributed by atoms with E-state index in [1.165, 1.54) is 11.3 Å². The van der Waals surface area contributed by atoms with Crippen LogP contribution in [0, 0.1) is 0 Å². The lowest BCUT2D eigenvalue weighted by Gasteiger charge is -2.02. The van der Waals surface area contributed by atoms with E-state index < -0.39 is 0 Å². The second-order valence-corrected chi connectivity index (χ2v) is 6.45. The quantitative estimate of drug-likeness (QED) is 0.215. The normalized spacial score (nSPS) is 11.9. The Hall–Kier alpha value is -3.38. The van der Waals surface area contributed by atoms with E-state index in [9.17, 15) is 0 Å². The Morgan fingerprint density at radius 3 is 2.27 bits per heavy atom. The largest absolute Gasteiger partial charge is 0.276 e. The molecule has 26 heavy (non-hydrogen) atoms. The van der Waals surface area contributed by atoms with Gasteiger partial charge in [0.25, 0.3) is 0 Å². The van der Waals surface area contributed by atoms with E-state index in [1.807, 2.05) is 84.9 Å². The van der Waals surface area contributed by atoms with E-state index in [0.29, 0.717) is 11.0 Å². The molecule has 126 valence electrons.